The molecule has 2 aromatic carbocycles. The van der Waals surface area contributed by atoms with E-state index in [4.69, 9.17) is 0 Å². The number of halogens is 4. The van der Waals surface area contributed by atoms with E-state index in [-0.39, 0.29) is 16.2 Å². The monoisotopic (exact) mass is 426 g/mol. The van der Waals surface area contributed by atoms with Gasteiger partial charge in [0.1, 0.15) is 11.6 Å². The predicted molar refractivity (Wildman–Crippen MR) is 97.1 cm³/mol. The van der Waals surface area contributed by atoms with E-state index in [2.05, 4.69) is 20.0 Å². The number of benzene rings is 2. The maximum absolute atomic E-state index is 13.1. The van der Waals surface area contributed by atoms with Crippen LogP contribution < -0.4 is 10.0 Å². The minimum atomic E-state index is -4.71. The van der Waals surface area contributed by atoms with Crippen molar-refractivity contribution in [2.24, 2.45) is 0 Å². The number of sulfonamides is 1. The third kappa shape index (κ3) is 4.15. The Kier molecular flexibility index (Phi) is 4.66. The maximum Gasteiger partial charge on any atom is 0.451 e. The van der Waals surface area contributed by atoms with Crippen molar-refractivity contribution in [3.05, 3.63) is 60.2 Å². The number of aromatic nitrogens is 2. The molecule has 29 heavy (non-hydrogen) atoms. The molecule has 0 spiro atoms. The molecular formula is C18H14F4N4O2S. The number of nitrogens with zero attached hydrogens (tertiary/aromatic N) is 2. The summed E-state index contributed by atoms with van der Waals surface area (Å²) in [5, 5.41) is 3.26. The third-order valence-electron chi connectivity index (χ3n) is 4.40. The normalized spacial score (nSPS) is 19.3. The molecule has 1 saturated carbocycles. The molecule has 2 N–H and O–H groups in total. The third-order valence-corrected chi connectivity index (χ3v) is 5.91. The van der Waals surface area contributed by atoms with Gasteiger partial charge in [-0.15, -0.1) is 0 Å². The van der Waals surface area contributed by atoms with Gasteiger partial charge in [0.25, 0.3) is 0 Å². The minimum Gasteiger partial charge on any atom is -0.365 e. The molecular weight excluding hydrogens is 412 g/mol. The molecule has 3 aromatic rings. The maximum atomic E-state index is 13.1. The van der Waals surface area contributed by atoms with Crippen molar-refractivity contribution in [3.8, 4) is 0 Å². The number of anilines is 1. The van der Waals surface area contributed by atoms with Gasteiger partial charge < -0.3 is 5.32 Å². The van der Waals surface area contributed by atoms with E-state index in [0.29, 0.717) is 11.8 Å². The first-order valence-electron chi connectivity index (χ1n) is 8.52. The number of alkyl halides is 3. The summed E-state index contributed by atoms with van der Waals surface area (Å²) in [6.07, 6.45) is -4.35. The van der Waals surface area contributed by atoms with E-state index in [0.717, 1.165) is 24.3 Å². The van der Waals surface area contributed by atoms with Crippen molar-refractivity contribution in [3.63, 3.8) is 0 Å². The van der Waals surface area contributed by atoms with Crippen LogP contribution in [0.1, 0.15) is 12.2 Å². The fraction of sp³-hybridized carbons (Fsp3) is 0.222. The largest absolute Gasteiger partial charge is 0.451 e. The van der Waals surface area contributed by atoms with Crippen LogP contribution in [0.3, 0.4) is 0 Å². The lowest BCUT2D eigenvalue weighted by atomic mass is 10.2. The van der Waals surface area contributed by atoms with Gasteiger partial charge in [0, 0.05) is 17.5 Å². The molecule has 1 aliphatic carbocycles. The van der Waals surface area contributed by atoms with Crippen LogP contribution >= 0.6 is 0 Å². The predicted octanol–water partition coefficient (Wildman–Crippen LogP) is 3.32. The average molecular weight is 426 g/mol. The lowest BCUT2D eigenvalue weighted by Gasteiger charge is -2.12. The number of hydrogen-bond acceptors (Lipinski definition) is 5. The fourth-order valence-corrected chi connectivity index (χ4v) is 4.14. The molecule has 152 valence electrons. The van der Waals surface area contributed by atoms with Crippen LogP contribution in [0.5, 0.6) is 0 Å². The first-order chi connectivity index (χ1) is 13.6. The molecule has 0 radical (unpaired) electrons. The standard InChI is InChI=1S/C18H14F4N4O2S/c19-10-5-7-11(8-6-10)29(27,28)26-15-9-14(15)23-16-12-3-1-2-4-13(12)24-17(25-16)18(20,21)22/h1-8,14-15,26H,9H2,(H,23,24,25). The summed E-state index contributed by atoms with van der Waals surface area (Å²) in [5.41, 5.74) is 0.126. The lowest BCUT2D eigenvalue weighted by Crippen LogP contribution is -2.29. The topological polar surface area (TPSA) is 84.0 Å². The molecule has 1 heterocycles. The highest BCUT2D eigenvalue weighted by molar-refractivity contribution is 7.89. The Hall–Kier alpha value is -2.79. The molecule has 0 bridgehead atoms. The second-order valence-electron chi connectivity index (χ2n) is 6.58. The number of rotatable bonds is 5. The first kappa shape index (κ1) is 19.5. The van der Waals surface area contributed by atoms with Gasteiger partial charge in [-0.05, 0) is 42.8 Å². The summed E-state index contributed by atoms with van der Waals surface area (Å²) in [7, 11) is -3.88. The van der Waals surface area contributed by atoms with E-state index in [1.165, 1.54) is 6.07 Å². The van der Waals surface area contributed by atoms with E-state index in [9.17, 15) is 26.0 Å². The Morgan fingerprint density at radius 1 is 0.966 bits per heavy atom. The summed E-state index contributed by atoms with van der Waals surface area (Å²) >= 11 is 0. The van der Waals surface area contributed by atoms with Crippen LogP contribution in [-0.4, -0.2) is 30.5 Å². The van der Waals surface area contributed by atoms with Crippen molar-refractivity contribution < 1.29 is 26.0 Å². The van der Waals surface area contributed by atoms with Gasteiger partial charge in [-0.2, -0.15) is 13.2 Å². The first-order valence-corrected chi connectivity index (χ1v) is 10.0. The van der Waals surface area contributed by atoms with Crippen LogP contribution in [0, 0.1) is 5.82 Å². The van der Waals surface area contributed by atoms with E-state index < -0.39 is 39.9 Å². The second-order valence-corrected chi connectivity index (χ2v) is 8.29. The van der Waals surface area contributed by atoms with Gasteiger partial charge in [0.15, 0.2) is 0 Å². The Morgan fingerprint density at radius 3 is 2.34 bits per heavy atom. The summed E-state index contributed by atoms with van der Waals surface area (Å²) in [4.78, 5) is 7.03. The van der Waals surface area contributed by atoms with Crippen LogP contribution in [0.15, 0.2) is 53.4 Å². The highest BCUT2D eigenvalue weighted by Gasteiger charge is 2.42. The highest BCUT2D eigenvalue weighted by atomic mass is 32.2. The van der Waals surface area contributed by atoms with Crippen molar-refractivity contribution in [2.75, 3.05) is 5.32 Å². The molecule has 0 aliphatic heterocycles. The summed E-state index contributed by atoms with van der Waals surface area (Å²) in [6, 6.07) is 9.59. The number of para-hydroxylation sites is 1. The summed E-state index contributed by atoms with van der Waals surface area (Å²) < 4.78 is 79.4. The van der Waals surface area contributed by atoms with Crippen LogP contribution in [-0.2, 0) is 16.2 Å². The van der Waals surface area contributed by atoms with Gasteiger partial charge in [0.05, 0.1) is 10.4 Å². The molecule has 1 aliphatic rings. The quantitative estimate of drug-likeness (QED) is 0.612. The smallest absolute Gasteiger partial charge is 0.365 e. The highest BCUT2D eigenvalue weighted by Crippen LogP contribution is 2.33. The summed E-state index contributed by atoms with van der Waals surface area (Å²) in [5.74, 6) is -1.86. The molecule has 2 atom stereocenters. The number of nitrogens with one attached hydrogen (secondary N) is 2. The zero-order chi connectivity index (χ0) is 20.8. The van der Waals surface area contributed by atoms with Crippen LogP contribution in [0.25, 0.3) is 10.9 Å². The molecule has 0 amide bonds. The summed E-state index contributed by atoms with van der Waals surface area (Å²) in [6.45, 7) is 0. The van der Waals surface area contributed by atoms with Gasteiger partial charge in [-0.1, -0.05) is 12.1 Å². The van der Waals surface area contributed by atoms with E-state index in [1.807, 2.05) is 0 Å². The average Bonchev–Trinajstić information content (AvgIpc) is 3.37. The fourth-order valence-electron chi connectivity index (χ4n) is 2.85. The van der Waals surface area contributed by atoms with E-state index >= 15 is 0 Å². The van der Waals surface area contributed by atoms with Gasteiger partial charge in [0.2, 0.25) is 15.8 Å². The molecule has 1 aromatic heterocycles. The van der Waals surface area contributed by atoms with Crippen LogP contribution in [0.4, 0.5) is 23.4 Å². The Labute approximate surface area is 163 Å². The van der Waals surface area contributed by atoms with Crippen LogP contribution in [0.2, 0.25) is 0 Å². The van der Waals surface area contributed by atoms with E-state index in [1.54, 1.807) is 18.2 Å². The minimum absolute atomic E-state index is 0.0172. The Morgan fingerprint density at radius 2 is 1.66 bits per heavy atom. The van der Waals surface area contributed by atoms with Crippen molar-refractivity contribution in [1.82, 2.24) is 14.7 Å². The Bertz CT molecular complexity index is 1170. The van der Waals surface area contributed by atoms with Gasteiger partial charge >= 0.3 is 6.18 Å². The molecule has 0 saturated heterocycles. The second kappa shape index (κ2) is 6.92. The zero-order valence-electron chi connectivity index (χ0n) is 14.6. The van der Waals surface area contributed by atoms with Gasteiger partial charge in [-0.3, -0.25) is 0 Å². The number of hydrogen-bond donors (Lipinski definition) is 2. The molecule has 6 nitrogen and oxygen atoms in total. The SMILES string of the molecule is O=S(=O)(NC1CC1Nc1nc(C(F)(F)F)nc2ccccc12)c1ccc(F)cc1. The molecule has 2 unspecified atom stereocenters. The van der Waals surface area contributed by atoms with Crippen molar-refractivity contribution in [1.29, 1.82) is 0 Å². The zero-order valence-corrected chi connectivity index (χ0v) is 15.4. The Balaban J connectivity index is 1.54. The lowest BCUT2D eigenvalue weighted by molar-refractivity contribution is -0.144. The van der Waals surface area contributed by atoms with Gasteiger partial charge in [-0.25, -0.2) is 27.5 Å². The number of fused-ring (bicyclic) bond motifs is 1. The van der Waals surface area contributed by atoms with Crippen molar-refractivity contribution >= 4 is 26.7 Å². The molecule has 1 fully saturated rings. The molecule has 11 heteroatoms. The van der Waals surface area contributed by atoms with Crippen molar-refractivity contribution in [2.45, 2.75) is 29.6 Å². The molecule has 4 rings (SSSR count).